The third-order valence-electron chi connectivity index (χ3n) is 4.72. The molecule has 1 aliphatic carbocycles. The van der Waals surface area contributed by atoms with Gasteiger partial charge in [-0.3, -0.25) is 4.79 Å². The van der Waals surface area contributed by atoms with Gasteiger partial charge in [0.2, 0.25) is 5.88 Å². The summed E-state index contributed by atoms with van der Waals surface area (Å²) in [4.78, 5) is 17.1. The number of rotatable bonds is 6. The van der Waals surface area contributed by atoms with E-state index < -0.39 is 0 Å². The molecule has 0 atom stereocenters. The Morgan fingerprint density at radius 2 is 2.04 bits per heavy atom. The number of para-hydroxylation sites is 1. The second-order valence-electron chi connectivity index (χ2n) is 6.46. The van der Waals surface area contributed by atoms with Crippen LogP contribution in [0.25, 0.3) is 5.69 Å². The Labute approximate surface area is 158 Å². The summed E-state index contributed by atoms with van der Waals surface area (Å²) in [5.41, 5.74) is 4.57. The summed E-state index contributed by atoms with van der Waals surface area (Å²) in [5, 5.41) is 7.60. The lowest BCUT2D eigenvalue weighted by Crippen LogP contribution is -2.25. The molecule has 1 amide bonds. The van der Waals surface area contributed by atoms with E-state index in [0.29, 0.717) is 24.7 Å². The molecule has 0 spiro atoms. The van der Waals surface area contributed by atoms with Crippen LogP contribution in [0.2, 0.25) is 0 Å². The maximum absolute atomic E-state index is 12.8. The van der Waals surface area contributed by atoms with Crippen molar-refractivity contribution in [3.63, 3.8) is 0 Å². The molecule has 0 bridgehead atoms. The van der Waals surface area contributed by atoms with Crippen LogP contribution in [0.5, 0.6) is 5.88 Å². The van der Waals surface area contributed by atoms with E-state index in [-0.39, 0.29) is 5.91 Å². The van der Waals surface area contributed by atoms with Crippen molar-refractivity contribution in [3.05, 3.63) is 71.2 Å². The molecule has 6 heteroatoms. The molecule has 0 radical (unpaired) electrons. The Bertz CT molecular complexity index is 950. The molecule has 6 nitrogen and oxygen atoms in total. The first-order valence-corrected chi connectivity index (χ1v) is 9.29. The fourth-order valence-electron chi connectivity index (χ4n) is 3.49. The first-order valence-electron chi connectivity index (χ1n) is 9.29. The quantitative estimate of drug-likeness (QED) is 0.732. The Hall–Kier alpha value is -3.15. The molecule has 4 rings (SSSR count). The zero-order chi connectivity index (χ0) is 18.6. The molecule has 1 N–H and O–H groups in total. The second kappa shape index (κ2) is 7.61. The summed E-state index contributed by atoms with van der Waals surface area (Å²) >= 11 is 0. The van der Waals surface area contributed by atoms with Crippen LogP contribution in [0.4, 0.5) is 0 Å². The van der Waals surface area contributed by atoms with Crippen LogP contribution in [0.1, 0.15) is 40.7 Å². The highest BCUT2D eigenvalue weighted by atomic mass is 16.5. The maximum atomic E-state index is 12.8. The van der Waals surface area contributed by atoms with E-state index in [1.54, 1.807) is 6.20 Å². The van der Waals surface area contributed by atoms with Crippen LogP contribution < -0.4 is 10.1 Å². The van der Waals surface area contributed by atoms with Crippen molar-refractivity contribution < 1.29 is 9.53 Å². The van der Waals surface area contributed by atoms with Gasteiger partial charge in [0, 0.05) is 29.6 Å². The zero-order valence-corrected chi connectivity index (χ0v) is 15.3. The molecule has 2 aromatic heterocycles. The van der Waals surface area contributed by atoms with Gasteiger partial charge in [0.05, 0.1) is 12.3 Å². The summed E-state index contributed by atoms with van der Waals surface area (Å²) < 4.78 is 7.44. The standard InChI is InChI=1S/C21H22N4O2/c1-2-27-21-15(8-7-13-22-21)14-23-20(26)19-17-11-6-12-18(17)25(24-19)16-9-4-3-5-10-16/h3-5,7-10,13H,2,6,11-12,14H2,1H3,(H,23,26). The Kier molecular flexibility index (Phi) is 4.87. The fourth-order valence-corrected chi connectivity index (χ4v) is 3.49. The Morgan fingerprint density at radius 3 is 2.85 bits per heavy atom. The van der Waals surface area contributed by atoms with E-state index in [1.165, 1.54) is 0 Å². The van der Waals surface area contributed by atoms with Crippen LogP contribution in [0.15, 0.2) is 48.7 Å². The van der Waals surface area contributed by atoms with Gasteiger partial charge >= 0.3 is 0 Å². The number of ether oxygens (including phenoxy) is 1. The topological polar surface area (TPSA) is 69.0 Å². The van der Waals surface area contributed by atoms with Gasteiger partial charge in [0.15, 0.2) is 5.69 Å². The third kappa shape index (κ3) is 3.43. The molecular weight excluding hydrogens is 340 g/mol. The largest absolute Gasteiger partial charge is 0.478 e. The Morgan fingerprint density at radius 1 is 1.19 bits per heavy atom. The molecule has 0 saturated heterocycles. The number of aromatic nitrogens is 3. The molecule has 0 saturated carbocycles. The number of pyridine rings is 1. The van der Waals surface area contributed by atoms with Crippen molar-refractivity contribution in [2.24, 2.45) is 0 Å². The predicted molar refractivity (Wildman–Crippen MR) is 102 cm³/mol. The SMILES string of the molecule is CCOc1ncccc1CNC(=O)c1nn(-c2ccccc2)c2c1CCC2. The van der Waals surface area contributed by atoms with Crippen molar-refractivity contribution in [1.82, 2.24) is 20.1 Å². The molecule has 138 valence electrons. The van der Waals surface area contributed by atoms with Crippen LogP contribution in [-0.4, -0.2) is 27.3 Å². The molecule has 1 aromatic carbocycles. The van der Waals surface area contributed by atoms with Crippen molar-refractivity contribution in [1.29, 1.82) is 0 Å². The molecule has 27 heavy (non-hydrogen) atoms. The van der Waals surface area contributed by atoms with Gasteiger partial charge in [-0.1, -0.05) is 24.3 Å². The lowest BCUT2D eigenvalue weighted by Gasteiger charge is -2.09. The number of fused-ring (bicyclic) bond motifs is 1. The van der Waals surface area contributed by atoms with Crippen molar-refractivity contribution in [2.45, 2.75) is 32.7 Å². The van der Waals surface area contributed by atoms with E-state index in [4.69, 9.17) is 4.74 Å². The van der Waals surface area contributed by atoms with Crippen LogP contribution in [0, 0.1) is 0 Å². The van der Waals surface area contributed by atoms with E-state index in [9.17, 15) is 4.79 Å². The van der Waals surface area contributed by atoms with Gasteiger partial charge in [0.25, 0.3) is 5.91 Å². The number of carbonyl (C=O) groups is 1. The molecule has 0 aliphatic heterocycles. The van der Waals surface area contributed by atoms with Crippen molar-refractivity contribution in [3.8, 4) is 11.6 Å². The lowest BCUT2D eigenvalue weighted by atomic mass is 10.2. The molecule has 2 heterocycles. The second-order valence-corrected chi connectivity index (χ2v) is 6.46. The van der Waals surface area contributed by atoms with Crippen LogP contribution in [0.3, 0.4) is 0 Å². The summed E-state index contributed by atoms with van der Waals surface area (Å²) in [6.07, 6.45) is 4.58. The van der Waals surface area contributed by atoms with E-state index in [2.05, 4.69) is 15.4 Å². The molecule has 1 aliphatic rings. The van der Waals surface area contributed by atoms with Crippen LogP contribution in [-0.2, 0) is 19.4 Å². The number of hydrogen-bond acceptors (Lipinski definition) is 4. The van der Waals surface area contributed by atoms with Crippen molar-refractivity contribution >= 4 is 5.91 Å². The summed E-state index contributed by atoms with van der Waals surface area (Å²) in [7, 11) is 0. The molecule has 0 unspecified atom stereocenters. The average Bonchev–Trinajstić information content (AvgIpc) is 3.31. The minimum Gasteiger partial charge on any atom is -0.478 e. The minimum absolute atomic E-state index is 0.158. The smallest absolute Gasteiger partial charge is 0.272 e. The Balaban J connectivity index is 1.57. The van der Waals surface area contributed by atoms with Gasteiger partial charge in [-0.05, 0) is 44.4 Å². The van der Waals surface area contributed by atoms with E-state index >= 15 is 0 Å². The highest BCUT2D eigenvalue weighted by Crippen LogP contribution is 2.28. The number of amides is 1. The number of nitrogens with one attached hydrogen (secondary N) is 1. The summed E-state index contributed by atoms with van der Waals surface area (Å²) in [5.74, 6) is 0.398. The molecule has 3 aromatic rings. The predicted octanol–water partition coefficient (Wildman–Crippen LogP) is 3.08. The van der Waals surface area contributed by atoms with E-state index in [1.807, 2.05) is 54.1 Å². The fraction of sp³-hybridized carbons (Fsp3) is 0.286. The van der Waals surface area contributed by atoms with Gasteiger partial charge in [0.1, 0.15) is 0 Å². The van der Waals surface area contributed by atoms with Gasteiger partial charge in [-0.2, -0.15) is 5.10 Å². The average molecular weight is 362 g/mol. The molecular formula is C21H22N4O2. The normalized spacial score (nSPS) is 12.6. The maximum Gasteiger partial charge on any atom is 0.272 e. The highest BCUT2D eigenvalue weighted by molar-refractivity contribution is 5.94. The van der Waals surface area contributed by atoms with Crippen LogP contribution >= 0.6 is 0 Å². The number of nitrogens with zero attached hydrogens (tertiary/aromatic N) is 3. The van der Waals surface area contributed by atoms with Crippen molar-refractivity contribution in [2.75, 3.05) is 6.61 Å². The first-order chi connectivity index (χ1) is 13.3. The number of hydrogen-bond donors (Lipinski definition) is 1. The first kappa shape index (κ1) is 17.3. The van der Waals surface area contributed by atoms with Gasteiger partial charge in [-0.25, -0.2) is 9.67 Å². The van der Waals surface area contributed by atoms with Gasteiger partial charge in [-0.15, -0.1) is 0 Å². The van der Waals surface area contributed by atoms with E-state index in [0.717, 1.165) is 41.8 Å². The highest BCUT2D eigenvalue weighted by Gasteiger charge is 2.26. The summed E-state index contributed by atoms with van der Waals surface area (Å²) in [6.45, 7) is 2.80. The van der Waals surface area contributed by atoms with Gasteiger partial charge < -0.3 is 10.1 Å². The monoisotopic (exact) mass is 362 g/mol. The number of benzene rings is 1. The summed E-state index contributed by atoms with van der Waals surface area (Å²) in [6, 6.07) is 13.7. The lowest BCUT2D eigenvalue weighted by molar-refractivity contribution is 0.0944. The molecule has 0 fully saturated rings. The zero-order valence-electron chi connectivity index (χ0n) is 15.3. The number of carbonyl (C=O) groups excluding carboxylic acids is 1. The third-order valence-corrected chi connectivity index (χ3v) is 4.72. The minimum atomic E-state index is -0.158.